The molecule has 5 nitrogen and oxygen atoms in total. The number of carbonyl (C=O) groups is 2. The molecular formula is C21H24N2O3. The number of ether oxygens (including phenoxy) is 1. The van der Waals surface area contributed by atoms with Gasteiger partial charge in [-0.1, -0.05) is 12.1 Å². The second-order valence-corrected chi connectivity index (χ2v) is 6.66. The Morgan fingerprint density at radius 2 is 1.73 bits per heavy atom. The van der Waals surface area contributed by atoms with Crippen molar-refractivity contribution in [2.45, 2.75) is 32.6 Å². The zero-order valence-electron chi connectivity index (χ0n) is 15.0. The fraction of sp³-hybridized carbons (Fsp3) is 0.333. The SMILES string of the molecule is Cc1cccc(OCCCC(=O)Nc2ccc(NC(=O)C3CC3)cc2)c1. The van der Waals surface area contributed by atoms with Gasteiger partial charge in [0.05, 0.1) is 6.61 Å². The normalized spacial score (nSPS) is 13.1. The maximum atomic E-state index is 12.0. The van der Waals surface area contributed by atoms with Gasteiger partial charge in [-0.05, 0) is 68.1 Å². The average Bonchev–Trinajstić information content (AvgIpc) is 3.46. The van der Waals surface area contributed by atoms with E-state index in [1.807, 2.05) is 31.2 Å². The lowest BCUT2D eigenvalue weighted by Gasteiger charge is -2.09. The molecule has 0 atom stereocenters. The van der Waals surface area contributed by atoms with Crippen LogP contribution in [0.2, 0.25) is 0 Å². The lowest BCUT2D eigenvalue weighted by molar-refractivity contribution is -0.117. The van der Waals surface area contributed by atoms with E-state index in [0.29, 0.717) is 19.4 Å². The van der Waals surface area contributed by atoms with Crippen LogP contribution in [-0.2, 0) is 9.59 Å². The summed E-state index contributed by atoms with van der Waals surface area (Å²) in [5.41, 5.74) is 2.63. The number of anilines is 2. The number of aryl methyl sites for hydroxylation is 1. The minimum absolute atomic E-state index is 0.0485. The molecule has 2 aromatic rings. The van der Waals surface area contributed by atoms with Crippen molar-refractivity contribution in [1.29, 1.82) is 0 Å². The Morgan fingerprint density at radius 1 is 1.04 bits per heavy atom. The van der Waals surface area contributed by atoms with Gasteiger partial charge in [-0.15, -0.1) is 0 Å². The summed E-state index contributed by atoms with van der Waals surface area (Å²) in [6, 6.07) is 15.1. The zero-order valence-corrected chi connectivity index (χ0v) is 15.0. The summed E-state index contributed by atoms with van der Waals surface area (Å²) in [4.78, 5) is 23.7. The van der Waals surface area contributed by atoms with Crippen LogP contribution in [0.3, 0.4) is 0 Å². The summed E-state index contributed by atoms with van der Waals surface area (Å²) in [5.74, 6) is 1.04. The van der Waals surface area contributed by atoms with Crippen molar-refractivity contribution in [3.05, 3.63) is 54.1 Å². The van der Waals surface area contributed by atoms with E-state index in [0.717, 1.165) is 35.5 Å². The summed E-state index contributed by atoms with van der Waals surface area (Å²) in [6.45, 7) is 2.52. The number of benzene rings is 2. The van der Waals surface area contributed by atoms with Gasteiger partial charge in [0.15, 0.2) is 0 Å². The van der Waals surface area contributed by atoms with Gasteiger partial charge in [-0.2, -0.15) is 0 Å². The summed E-state index contributed by atoms with van der Waals surface area (Å²) in [7, 11) is 0. The Labute approximate surface area is 153 Å². The number of hydrogen-bond donors (Lipinski definition) is 2. The predicted molar refractivity (Wildman–Crippen MR) is 102 cm³/mol. The van der Waals surface area contributed by atoms with Gasteiger partial charge in [0, 0.05) is 23.7 Å². The van der Waals surface area contributed by atoms with Crippen LogP contribution in [0, 0.1) is 12.8 Å². The molecule has 136 valence electrons. The molecule has 0 spiro atoms. The first kappa shape index (κ1) is 18.0. The molecule has 0 unspecified atom stereocenters. The summed E-state index contributed by atoms with van der Waals surface area (Å²) in [6.07, 6.45) is 3.00. The number of hydrogen-bond acceptors (Lipinski definition) is 3. The van der Waals surface area contributed by atoms with Crippen molar-refractivity contribution in [3.63, 3.8) is 0 Å². The maximum absolute atomic E-state index is 12.0. The number of carbonyl (C=O) groups excluding carboxylic acids is 2. The van der Waals surface area contributed by atoms with Crippen LogP contribution in [0.5, 0.6) is 5.75 Å². The standard InChI is InChI=1S/C21H24N2O3/c1-15-4-2-5-19(14-15)26-13-3-6-20(24)22-17-9-11-18(12-10-17)23-21(25)16-7-8-16/h2,4-5,9-12,14,16H,3,6-8,13H2,1H3,(H,22,24)(H,23,25). The lowest BCUT2D eigenvalue weighted by Crippen LogP contribution is -2.14. The van der Waals surface area contributed by atoms with Crippen molar-refractivity contribution in [3.8, 4) is 5.75 Å². The first-order chi connectivity index (χ1) is 12.6. The molecule has 1 aliphatic carbocycles. The van der Waals surface area contributed by atoms with Gasteiger partial charge >= 0.3 is 0 Å². The number of nitrogens with one attached hydrogen (secondary N) is 2. The smallest absolute Gasteiger partial charge is 0.227 e. The van der Waals surface area contributed by atoms with Gasteiger partial charge < -0.3 is 15.4 Å². The van der Waals surface area contributed by atoms with E-state index in [9.17, 15) is 9.59 Å². The number of amides is 2. The van der Waals surface area contributed by atoms with Gasteiger partial charge in [0.2, 0.25) is 11.8 Å². The molecule has 3 rings (SSSR count). The third-order valence-electron chi connectivity index (χ3n) is 4.19. The topological polar surface area (TPSA) is 67.4 Å². The second kappa shape index (κ2) is 8.52. The Morgan fingerprint density at radius 3 is 2.38 bits per heavy atom. The molecule has 2 aromatic carbocycles. The highest BCUT2D eigenvalue weighted by atomic mass is 16.5. The molecule has 1 fully saturated rings. The quantitative estimate of drug-likeness (QED) is 0.702. The molecule has 1 saturated carbocycles. The molecular weight excluding hydrogens is 328 g/mol. The van der Waals surface area contributed by atoms with Crippen LogP contribution < -0.4 is 15.4 Å². The molecule has 0 saturated heterocycles. The molecule has 5 heteroatoms. The van der Waals surface area contributed by atoms with Crippen molar-refractivity contribution in [2.24, 2.45) is 5.92 Å². The largest absolute Gasteiger partial charge is 0.494 e. The molecule has 0 aliphatic heterocycles. The molecule has 26 heavy (non-hydrogen) atoms. The van der Waals surface area contributed by atoms with Crippen molar-refractivity contribution in [1.82, 2.24) is 0 Å². The molecule has 0 aromatic heterocycles. The Bertz CT molecular complexity index is 767. The van der Waals surface area contributed by atoms with E-state index >= 15 is 0 Å². The highest BCUT2D eigenvalue weighted by molar-refractivity contribution is 5.95. The van der Waals surface area contributed by atoms with Crippen molar-refractivity contribution >= 4 is 23.2 Å². The van der Waals surface area contributed by atoms with E-state index in [2.05, 4.69) is 10.6 Å². The first-order valence-corrected chi connectivity index (χ1v) is 9.00. The van der Waals surface area contributed by atoms with Crippen LogP contribution in [0.4, 0.5) is 11.4 Å². The highest BCUT2D eigenvalue weighted by Gasteiger charge is 2.29. The van der Waals surface area contributed by atoms with Crippen molar-refractivity contribution < 1.29 is 14.3 Å². The Hall–Kier alpha value is -2.82. The molecule has 0 radical (unpaired) electrons. The Balaban J connectivity index is 1.36. The third-order valence-corrected chi connectivity index (χ3v) is 4.19. The highest BCUT2D eigenvalue weighted by Crippen LogP contribution is 2.30. The second-order valence-electron chi connectivity index (χ2n) is 6.66. The average molecular weight is 352 g/mol. The van der Waals surface area contributed by atoms with E-state index in [-0.39, 0.29) is 17.7 Å². The van der Waals surface area contributed by atoms with E-state index in [4.69, 9.17) is 4.74 Å². The first-order valence-electron chi connectivity index (χ1n) is 9.00. The van der Waals surface area contributed by atoms with E-state index in [1.54, 1.807) is 24.3 Å². The molecule has 1 aliphatic rings. The van der Waals surface area contributed by atoms with Gasteiger partial charge in [-0.25, -0.2) is 0 Å². The molecule has 2 N–H and O–H groups in total. The fourth-order valence-electron chi connectivity index (χ4n) is 2.58. The molecule has 0 bridgehead atoms. The number of rotatable bonds is 8. The van der Waals surface area contributed by atoms with Gasteiger partial charge in [0.25, 0.3) is 0 Å². The zero-order chi connectivity index (χ0) is 18.4. The van der Waals surface area contributed by atoms with Gasteiger partial charge in [-0.3, -0.25) is 9.59 Å². The van der Waals surface area contributed by atoms with Crippen LogP contribution >= 0.6 is 0 Å². The van der Waals surface area contributed by atoms with E-state index in [1.165, 1.54) is 0 Å². The summed E-state index contributed by atoms with van der Waals surface area (Å²) >= 11 is 0. The van der Waals surface area contributed by atoms with Crippen LogP contribution in [0.1, 0.15) is 31.2 Å². The molecule has 2 amide bonds. The fourth-order valence-corrected chi connectivity index (χ4v) is 2.58. The predicted octanol–water partition coefficient (Wildman–Crippen LogP) is 4.14. The summed E-state index contributed by atoms with van der Waals surface area (Å²) < 4.78 is 5.64. The monoisotopic (exact) mass is 352 g/mol. The lowest BCUT2D eigenvalue weighted by atomic mass is 10.2. The minimum atomic E-state index is -0.0485. The van der Waals surface area contributed by atoms with Gasteiger partial charge in [0.1, 0.15) is 5.75 Å². The minimum Gasteiger partial charge on any atom is -0.494 e. The summed E-state index contributed by atoms with van der Waals surface area (Å²) in [5, 5.41) is 5.74. The Kier molecular flexibility index (Phi) is 5.89. The van der Waals surface area contributed by atoms with Crippen LogP contribution in [0.15, 0.2) is 48.5 Å². The molecule has 0 heterocycles. The van der Waals surface area contributed by atoms with Crippen LogP contribution in [0.25, 0.3) is 0 Å². The van der Waals surface area contributed by atoms with E-state index < -0.39 is 0 Å². The third kappa shape index (κ3) is 5.62. The van der Waals surface area contributed by atoms with Crippen LogP contribution in [-0.4, -0.2) is 18.4 Å². The van der Waals surface area contributed by atoms with Crippen molar-refractivity contribution in [2.75, 3.05) is 17.2 Å². The maximum Gasteiger partial charge on any atom is 0.227 e.